The molecule has 0 aliphatic carbocycles. The van der Waals surface area contributed by atoms with Gasteiger partial charge in [-0.3, -0.25) is 9.54 Å². The molecule has 0 fully saturated rings. The van der Waals surface area contributed by atoms with Crippen LogP contribution in [0.25, 0.3) is 0 Å². The van der Waals surface area contributed by atoms with Crippen LogP contribution in [0.15, 0.2) is 65.5 Å². The number of aromatic nitrogens is 1. The highest BCUT2D eigenvalue weighted by atomic mass is 32.2. The summed E-state index contributed by atoms with van der Waals surface area (Å²) in [6.07, 6.45) is 4.02. The minimum atomic E-state index is -4.92. The van der Waals surface area contributed by atoms with Crippen molar-refractivity contribution < 1.29 is 22.2 Å². The summed E-state index contributed by atoms with van der Waals surface area (Å²) in [6.45, 7) is 1.85. The van der Waals surface area contributed by atoms with Crippen molar-refractivity contribution in [2.24, 2.45) is 0 Å². The molecule has 0 saturated heterocycles. The first-order valence-electron chi connectivity index (χ1n) is 8.20. The van der Waals surface area contributed by atoms with Crippen LogP contribution in [-0.4, -0.2) is 24.0 Å². The van der Waals surface area contributed by atoms with E-state index in [1.165, 1.54) is 24.7 Å². The second kappa shape index (κ2) is 8.11. The molecule has 0 radical (unpaired) electrons. The van der Waals surface area contributed by atoms with Gasteiger partial charge in [0.1, 0.15) is 11.4 Å². The molecule has 146 valence electrons. The fraction of sp³-hybridized carbons (Fsp3) is 0.111. The second-order valence-corrected chi connectivity index (χ2v) is 7.13. The third kappa shape index (κ3) is 4.67. The zero-order valence-corrected chi connectivity index (χ0v) is 15.7. The number of anilines is 3. The Balaban J connectivity index is 1.91. The largest absolute Gasteiger partial charge is 0.467 e. The Bertz CT molecular complexity index is 1070. The van der Waals surface area contributed by atoms with Gasteiger partial charge in [-0.05, 0) is 42.8 Å². The van der Waals surface area contributed by atoms with Gasteiger partial charge >= 0.3 is 16.3 Å². The summed E-state index contributed by atoms with van der Waals surface area (Å²) in [4.78, 5) is 16.4. The standard InChI is InChI=1S/C18H18N4O5S/c1-13-4-2-5-14(10-13)21-16-7-8-19-12-17(16)22(28(24,25)26)18(23)20-11-15-6-3-9-27-15/h2-10,12H,11H2,1H3,(H,19,21)(H,20,23)(H,24,25,26). The number of carbonyl (C=O) groups is 1. The molecule has 28 heavy (non-hydrogen) atoms. The van der Waals surface area contributed by atoms with Crippen molar-refractivity contribution in [1.82, 2.24) is 10.3 Å². The van der Waals surface area contributed by atoms with Crippen LogP contribution in [0.1, 0.15) is 11.3 Å². The monoisotopic (exact) mass is 402 g/mol. The van der Waals surface area contributed by atoms with E-state index >= 15 is 0 Å². The molecule has 0 unspecified atom stereocenters. The van der Waals surface area contributed by atoms with E-state index in [-0.39, 0.29) is 22.2 Å². The maximum Gasteiger partial charge on any atom is 0.368 e. The van der Waals surface area contributed by atoms with Crippen molar-refractivity contribution in [2.45, 2.75) is 13.5 Å². The molecular weight excluding hydrogens is 384 g/mol. The zero-order chi connectivity index (χ0) is 20.1. The number of nitrogens with one attached hydrogen (secondary N) is 2. The van der Waals surface area contributed by atoms with Crippen LogP contribution in [0, 0.1) is 6.92 Å². The van der Waals surface area contributed by atoms with Gasteiger partial charge in [-0.15, -0.1) is 0 Å². The molecule has 0 saturated carbocycles. The van der Waals surface area contributed by atoms with Crippen molar-refractivity contribution >= 4 is 33.4 Å². The van der Waals surface area contributed by atoms with Gasteiger partial charge in [0.2, 0.25) is 0 Å². The quantitative estimate of drug-likeness (QED) is 0.541. The molecular formula is C18H18N4O5S. The average Bonchev–Trinajstić information content (AvgIpc) is 3.14. The first-order valence-corrected chi connectivity index (χ1v) is 9.60. The first kappa shape index (κ1) is 19.4. The third-order valence-electron chi connectivity index (χ3n) is 3.73. The van der Waals surface area contributed by atoms with Crippen molar-refractivity contribution in [1.29, 1.82) is 0 Å². The van der Waals surface area contributed by atoms with Crippen molar-refractivity contribution in [3.05, 3.63) is 72.4 Å². The zero-order valence-electron chi connectivity index (χ0n) is 14.9. The lowest BCUT2D eigenvalue weighted by molar-refractivity contribution is 0.247. The highest BCUT2D eigenvalue weighted by molar-refractivity contribution is 7.88. The molecule has 2 amide bonds. The topological polar surface area (TPSA) is 125 Å². The Hall–Kier alpha value is -3.37. The van der Waals surface area contributed by atoms with Crippen LogP contribution in [-0.2, 0) is 16.8 Å². The number of amides is 2. The van der Waals surface area contributed by atoms with Crippen LogP contribution in [0.4, 0.5) is 21.9 Å². The Morgan fingerprint density at radius 2 is 2.07 bits per heavy atom. The van der Waals surface area contributed by atoms with Gasteiger partial charge in [-0.2, -0.15) is 12.7 Å². The maximum atomic E-state index is 12.5. The van der Waals surface area contributed by atoms with Crippen LogP contribution in [0.2, 0.25) is 0 Å². The van der Waals surface area contributed by atoms with Crippen molar-refractivity contribution in [2.75, 3.05) is 9.62 Å². The molecule has 3 N–H and O–H groups in total. The lowest BCUT2D eigenvalue weighted by atomic mass is 10.2. The van der Waals surface area contributed by atoms with Gasteiger partial charge in [0.25, 0.3) is 0 Å². The molecule has 0 atom stereocenters. The molecule has 0 aliphatic rings. The maximum absolute atomic E-state index is 12.5. The summed E-state index contributed by atoms with van der Waals surface area (Å²) < 4.78 is 38.9. The van der Waals surface area contributed by atoms with E-state index in [0.29, 0.717) is 11.4 Å². The molecule has 3 aromatic rings. The number of aryl methyl sites for hydroxylation is 1. The highest BCUT2D eigenvalue weighted by Crippen LogP contribution is 2.29. The van der Waals surface area contributed by atoms with Crippen molar-refractivity contribution in [3.63, 3.8) is 0 Å². The molecule has 2 heterocycles. The summed E-state index contributed by atoms with van der Waals surface area (Å²) in [6, 6.07) is 11.1. The van der Waals surface area contributed by atoms with E-state index < -0.39 is 16.3 Å². The number of pyridine rings is 1. The fourth-order valence-electron chi connectivity index (χ4n) is 2.52. The second-order valence-electron chi connectivity index (χ2n) is 5.87. The smallest absolute Gasteiger partial charge is 0.368 e. The predicted octanol–water partition coefficient (Wildman–Crippen LogP) is 3.25. The van der Waals surface area contributed by atoms with Gasteiger partial charge in [0, 0.05) is 11.9 Å². The molecule has 1 aromatic carbocycles. The van der Waals surface area contributed by atoms with Crippen LogP contribution in [0.5, 0.6) is 0 Å². The van der Waals surface area contributed by atoms with Gasteiger partial charge in [-0.1, -0.05) is 12.1 Å². The Labute approximate surface area is 161 Å². The fourth-order valence-corrected chi connectivity index (χ4v) is 3.19. The summed E-state index contributed by atoms with van der Waals surface area (Å²) in [5, 5.41) is 5.42. The van der Waals surface area contributed by atoms with Gasteiger partial charge in [-0.25, -0.2) is 4.79 Å². The van der Waals surface area contributed by atoms with Gasteiger partial charge in [0.05, 0.1) is 24.7 Å². The molecule has 0 bridgehead atoms. The molecule has 3 rings (SSSR count). The van der Waals surface area contributed by atoms with Gasteiger partial charge < -0.3 is 15.1 Å². The number of carbonyl (C=O) groups excluding carboxylic acids is 1. The van der Waals surface area contributed by atoms with E-state index in [4.69, 9.17) is 4.42 Å². The molecule has 0 spiro atoms. The number of hydrogen-bond acceptors (Lipinski definition) is 6. The first-order chi connectivity index (χ1) is 13.3. The average molecular weight is 402 g/mol. The Morgan fingerprint density at radius 3 is 2.75 bits per heavy atom. The Morgan fingerprint density at radius 1 is 1.25 bits per heavy atom. The molecule has 0 aliphatic heterocycles. The van der Waals surface area contributed by atoms with E-state index in [1.807, 2.05) is 25.1 Å². The normalized spacial score (nSPS) is 11.1. The van der Waals surface area contributed by atoms with E-state index in [9.17, 15) is 17.8 Å². The SMILES string of the molecule is Cc1cccc(Nc2ccncc2N(C(=O)NCc2ccco2)S(=O)(=O)O)c1. The lowest BCUT2D eigenvalue weighted by Crippen LogP contribution is -2.43. The summed E-state index contributed by atoms with van der Waals surface area (Å²) >= 11 is 0. The van der Waals surface area contributed by atoms with Crippen molar-refractivity contribution in [3.8, 4) is 0 Å². The summed E-state index contributed by atoms with van der Waals surface area (Å²) in [5.74, 6) is 0.424. The lowest BCUT2D eigenvalue weighted by Gasteiger charge is -2.22. The van der Waals surface area contributed by atoms with E-state index in [1.54, 1.807) is 18.2 Å². The molecule has 9 nitrogen and oxygen atoms in total. The van der Waals surface area contributed by atoms with Crippen LogP contribution >= 0.6 is 0 Å². The van der Waals surface area contributed by atoms with Gasteiger partial charge in [0.15, 0.2) is 0 Å². The predicted molar refractivity (Wildman–Crippen MR) is 104 cm³/mol. The number of nitrogens with zero attached hydrogens (tertiary/aromatic N) is 2. The molecule has 2 aromatic heterocycles. The van der Waals surface area contributed by atoms with Crippen LogP contribution < -0.4 is 14.9 Å². The number of hydrogen-bond donors (Lipinski definition) is 3. The van der Waals surface area contributed by atoms with E-state index in [0.717, 1.165) is 5.56 Å². The highest BCUT2D eigenvalue weighted by Gasteiger charge is 2.30. The Kier molecular flexibility index (Phi) is 5.62. The minimum absolute atomic E-state index is 0.0568. The molecule has 10 heteroatoms. The summed E-state index contributed by atoms with van der Waals surface area (Å²) in [5.41, 5.74) is 1.80. The van der Waals surface area contributed by atoms with E-state index in [2.05, 4.69) is 15.6 Å². The number of urea groups is 1. The number of furan rings is 1. The number of rotatable bonds is 6. The minimum Gasteiger partial charge on any atom is -0.467 e. The van der Waals surface area contributed by atoms with Crippen LogP contribution in [0.3, 0.4) is 0 Å². The summed E-state index contributed by atoms with van der Waals surface area (Å²) in [7, 11) is -4.92. The number of benzene rings is 1. The third-order valence-corrected chi connectivity index (χ3v) is 4.55.